The quantitative estimate of drug-likeness (QED) is 0.101. The summed E-state index contributed by atoms with van der Waals surface area (Å²) in [7, 11) is 2.56. The molecule has 3 saturated heterocycles. The molecule has 0 radical (unpaired) electrons. The zero-order chi connectivity index (χ0) is 50.2. The average Bonchev–Trinajstić information content (AvgIpc) is 4.11. The summed E-state index contributed by atoms with van der Waals surface area (Å²) >= 11 is 0. The molecule has 2 aromatic heterocycles. The number of fused-ring (bicyclic) bond motifs is 3. The van der Waals surface area contributed by atoms with Gasteiger partial charge in [-0.3, -0.25) is 14.4 Å². The van der Waals surface area contributed by atoms with Crippen LogP contribution in [0.2, 0.25) is 0 Å². The van der Waals surface area contributed by atoms with Gasteiger partial charge in [-0.2, -0.15) is 0 Å². The van der Waals surface area contributed by atoms with E-state index in [2.05, 4.69) is 63.1 Å². The number of benzene rings is 3. The molecule has 2 saturated carbocycles. The Labute approximate surface area is 418 Å². The van der Waals surface area contributed by atoms with Gasteiger partial charge in [-0.05, 0) is 113 Å². The monoisotopic (exact) mass is 980 g/mol. The third kappa shape index (κ3) is 8.51. The second kappa shape index (κ2) is 18.5. The van der Waals surface area contributed by atoms with Gasteiger partial charge in [0.05, 0.1) is 68.9 Å². The van der Waals surface area contributed by atoms with Gasteiger partial charge in [-0.15, -0.1) is 0 Å². The van der Waals surface area contributed by atoms with Crippen LogP contribution in [-0.4, -0.2) is 112 Å². The number of carbonyl (C=O) groups is 4. The predicted octanol–water partition coefficient (Wildman–Crippen LogP) is 7.75. The van der Waals surface area contributed by atoms with Crippen molar-refractivity contribution in [2.75, 3.05) is 34.0 Å². The normalized spacial score (nSPS) is 23.2. The Hall–Kier alpha value is -6.59. The summed E-state index contributed by atoms with van der Waals surface area (Å²) in [5.74, 6) is -0.367. The van der Waals surface area contributed by atoms with Crippen molar-refractivity contribution in [1.82, 2.24) is 40.4 Å². The molecular weight excluding hydrogens is 917 g/mol. The molecule has 11 rings (SSSR count). The Morgan fingerprint density at radius 2 is 1.36 bits per heavy atom. The molecule has 378 valence electrons. The first kappa shape index (κ1) is 47.7. The van der Waals surface area contributed by atoms with Crippen LogP contribution in [0.5, 0.6) is 0 Å². The van der Waals surface area contributed by atoms with Crippen LogP contribution in [-0.2, 0) is 41.4 Å². The third-order valence-corrected chi connectivity index (χ3v) is 16.5. The second-order valence-electron chi connectivity index (χ2n) is 21.7. The number of methoxy groups -OCH3 is 2. The van der Waals surface area contributed by atoms with Crippen LogP contribution in [0.4, 0.5) is 9.59 Å². The van der Waals surface area contributed by atoms with Crippen molar-refractivity contribution in [3.05, 3.63) is 93.9 Å². The lowest BCUT2D eigenvalue weighted by Gasteiger charge is -2.32. The maximum atomic E-state index is 14.2. The molecule has 0 bridgehead atoms. The molecule has 4 N–H and O–H groups in total. The summed E-state index contributed by atoms with van der Waals surface area (Å²) in [6.45, 7) is 8.61. The number of hydrogen-bond acceptors (Lipinski definition) is 11. The third-order valence-electron chi connectivity index (χ3n) is 16.5. The number of aromatic nitrogens is 4. The van der Waals surface area contributed by atoms with Crippen LogP contribution in [0.15, 0.2) is 65.6 Å². The molecular formula is C55H64N8O9. The lowest BCUT2D eigenvalue weighted by Crippen LogP contribution is -2.52. The van der Waals surface area contributed by atoms with E-state index < -0.39 is 42.1 Å². The Balaban J connectivity index is 0.864. The van der Waals surface area contributed by atoms with Crippen LogP contribution in [0, 0.1) is 23.2 Å². The van der Waals surface area contributed by atoms with Gasteiger partial charge >= 0.3 is 12.2 Å². The highest BCUT2D eigenvalue weighted by Crippen LogP contribution is 2.55. The number of H-pyrrole nitrogens is 2. The van der Waals surface area contributed by atoms with E-state index in [4.69, 9.17) is 28.9 Å². The molecule has 5 aromatic rings. The number of hydrogen-bond donors (Lipinski definition) is 4. The van der Waals surface area contributed by atoms with Crippen molar-refractivity contribution in [1.29, 1.82) is 0 Å². The van der Waals surface area contributed by atoms with Crippen molar-refractivity contribution in [3.63, 3.8) is 0 Å². The summed E-state index contributed by atoms with van der Waals surface area (Å²) in [5.41, 5.74) is 9.41. The molecule has 2 spiro atoms. The maximum absolute atomic E-state index is 14.2. The highest BCUT2D eigenvalue weighted by Gasteiger charge is 2.57. The van der Waals surface area contributed by atoms with E-state index in [0.717, 1.165) is 47.2 Å². The van der Waals surface area contributed by atoms with E-state index in [1.165, 1.54) is 56.6 Å². The molecule has 6 aliphatic rings. The molecule has 5 heterocycles. The Morgan fingerprint density at radius 1 is 0.750 bits per heavy atom. The molecule has 6 atom stereocenters. The van der Waals surface area contributed by atoms with Crippen molar-refractivity contribution in [2.45, 2.75) is 121 Å². The molecule has 3 aromatic carbocycles. The Kier molecular flexibility index (Phi) is 12.2. The topological polar surface area (TPSA) is 210 Å². The van der Waals surface area contributed by atoms with Crippen LogP contribution in [0.25, 0.3) is 44.4 Å². The van der Waals surface area contributed by atoms with E-state index in [-0.39, 0.29) is 47.2 Å². The van der Waals surface area contributed by atoms with Gasteiger partial charge in [0.1, 0.15) is 23.7 Å². The van der Waals surface area contributed by atoms with E-state index in [9.17, 15) is 24.0 Å². The Morgan fingerprint density at radius 3 is 2.00 bits per heavy atom. The molecule has 72 heavy (non-hydrogen) atoms. The van der Waals surface area contributed by atoms with E-state index in [1.807, 2.05) is 44.7 Å². The number of likely N-dealkylation sites (tertiary alicyclic amines) is 2. The molecule has 3 aliphatic heterocycles. The fourth-order valence-corrected chi connectivity index (χ4v) is 12.7. The van der Waals surface area contributed by atoms with Gasteiger partial charge in [-0.25, -0.2) is 19.6 Å². The van der Waals surface area contributed by atoms with Gasteiger partial charge in [0.25, 0.3) is 5.56 Å². The number of imidazole rings is 1. The van der Waals surface area contributed by atoms with Gasteiger partial charge in [0.2, 0.25) is 11.8 Å². The fraction of sp³-hybridized carbons (Fsp3) is 0.509. The largest absolute Gasteiger partial charge is 0.453 e. The first-order chi connectivity index (χ1) is 34.7. The number of piperidine rings is 1. The molecule has 2 unspecified atom stereocenters. The summed E-state index contributed by atoms with van der Waals surface area (Å²) in [5, 5.41) is 5.94. The number of amides is 4. The number of nitrogens with one attached hydrogen (secondary N) is 4. The Bertz CT molecular complexity index is 3010. The van der Waals surface area contributed by atoms with Gasteiger partial charge in [0.15, 0.2) is 5.79 Å². The molecule has 3 aliphatic carbocycles. The summed E-state index contributed by atoms with van der Waals surface area (Å²) < 4.78 is 21.8. The second-order valence-corrected chi connectivity index (χ2v) is 21.7. The zero-order valence-electron chi connectivity index (χ0n) is 41.8. The SMILES string of the molecule is COC(=O)N[C@H](C(=O)N1CC2(C[C@H]1c1ncc(-c3ccc(-c4ccc(-c5ccc6nc([C@@H]7CC8CC8N7C(=O)[C@@H](NC(=O)OC)C(C)C)[nH]c(=O)c6c5)c5c4CC4(CCCC4)C5)cc3)[nH]1)OCCO2)C(C)C. The van der Waals surface area contributed by atoms with Gasteiger partial charge in [-0.1, -0.05) is 83.0 Å². The lowest BCUT2D eigenvalue weighted by atomic mass is 9.82. The highest BCUT2D eigenvalue weighted by atomic mass is 16.7. The van der Waals surface area contributed by atoms with Crippen LogP contribution < -0.4 is 16.2 Å². The molecule has 5 fully saturated rings. The van der Waals surface area contributed by atoms with Crippen LogP contribution in [0.3, 0.4) is 0 Å². The summed E-state index contributed by atoms with van der Waals surface area (Å²) in [6, 6.07) is 16.5. The number of carbonyl (C=O) groups excluding carboxylic acids is 4. The highest BCUT2D eigenvalue weighted by molar-refractivity contribution is 5.89. The van der Waals surface area contributed by atoms with Crippen molar-refractivity contribution < 1.29 is 38.1 Å². The van der Waals surface area contributed by atoms with Crippen molar-refractivity contribution in [3.8, 4) is 33.5 Å². The van der Waals surface area contributed by atoms with Crippen molar-refractivity contribution >= 4 is 34.9 Å². The minimum Gasteiger partial charge on any atom is -0.453 e. The standard InChI is InChI=1S/C55H64N8O9/c1-29(2)45(59-52(67)69-5)50(65)62-28-55(71-19-20-72-55)26-44(62)47-56-27-41(58-47)32-11-9-31(10-12-32)35-14-15-36(39-25-54(24-38(35)39)17-7-8-18-54)33-13-16-40-37(21-33)49(64)61-48(57-40)43-23-34-22-42(34)63(43)51(66)46(30(3)4)60-53(68)70-6/h9-16,21,27,29-30,34,42-46H,7-8,17-20,22-26,28H2,1-6H3,(H,56,58)(H,59,67)(H,60,68)(H,57,61,64)/t34?,42?,43-,44-,45-,46-/m0/s1. The minimum absolute atomic E-state index is 0.0516. The van der Waals surface area contributed by atoms with Crippen LogP contribution >= 0.6 is 0 Å². The van der Waals surface area contributed by atoms with E-state index >= 15 is 0 Å². The first-order valence-corrected chi connectivity index (χ1v) is 25.6. The van der Waals surface area contributed by atoms with Crippen LogP contribution in [0.1, 0.15) is 108 Å². The molecule has 17 heteroatoms. The molecule has 17 nitrogen and oxygen atoms in total. The first-order valence-electron chi connectivity index (χ1n) is 25.6. The maximum Gasteiger partial charge on any atom is 0.407 e. The van der Waals surface area contributed by atoms with E-state index in [0.29, 0.717) is 54.5 Å². The zero-order valence-corrected chi connectivity index (χ0v) is 41.8. The number of nitrogens with zero attached hydrogens (tertiary/aromatic N) is 4. The fourth-order valence-electron chi connectivity index (χ4n) is 12.7. The summed E-state index contributed by atoms with van der Waals surface area (Å²) in [6.07, 6.45) is 9.27. The van der Waals surface area contributed by atoms with Gasteiger partial charge < -0.3 is 49.3 Å². The number of rotatable bonds is 11. The average molecular weight is 981 g/mol. The summed E-state index contributed by atoms with van der Waals surface area (Å²) in [4.78, 5) is 86.7. The number of aromatic amines is 2. The van der Waals surface area contributed by atoms with E-state index in [1.54, 1.807) is 11.1 Å². The number of ether oxygens (including phenoxy) is 4. The lowest BCUT2D eigenvalue weighted by molar-refractivity contribution is -0.153. The smallest absolute Gasteiger partial charge is 0.407 e. The van der Waals surface area contributed by atoms with Crippen molar-refractivity contribution in [2.24, 2.45) is 23.2 Å². The minimum atomic E-state index is -0.949. The predicted molar refractivity (Wildman–Crippen MR) is 267 cm³/mol. The molecule has 4 amide bonds. The van der Waals surface area contributed by atoms with Gasteiger partial charge in [0, 0.05) is 12.5 Å². The number of alkyl carbamates (subject to hydrolysis) is 2.